The van der Waals surface area contributed by atoms with E-state index in [0.717, 1.165) is 12.0 Å². The van der Waals surface area contributed by atoms with Crippen molar-refractivity contribution in [2.75, 3.05) is 24.7 Å². The molecule has 3 rings (SSSR count). The van der Waals surface area contributed by atoms with Crippen molar-refractivity contribution >= 4 is 33.3 Å². The maximum absolute atomic E-state index is 9.81. The Labute approximate surface area is 192 Å². The molecule has 1 aliphatic heterocycles. The molecule has 1 saturated heterocycles. The van der Waals surface area contributed by atoms with Gasteiger partial charge in [-0.15, -0.1) is 11.8 Å². The van der Waals surface area contributed by atoms with Crippen LogP contribution in [-0.2, 0) is 9.47 Å². The molecule has 0 saturated carbocycles. The Hall–Kier alpha value is -3.18. The Morgan fingerprint density at radius 2 is 2.09 bits per heavy atom. The van der Waals surface area contributed by atoms with Gasteiger partial charge in [-0.3, -0.25) is 0 Å². The van der Waals surface area contributed by atoms with Gasteiger partial charge in [0.15, 0.2) is 15.7 Å². The first-order chi connectivity index (χ1) is 15.2. The molecule has 3 N–H and O–H groups in total. The molecule has 0 unspecified atom stereocenters. The predicted octanol–water partition coefficient (Wildman–Crippen LogP) is 1.40. The number of nitrogens with zero attached hydrogens (tertiary/aromatic N) is 4. The highest BCUT2D eigenvalue weighted by Gasteiger charge is 2.24. The number of nitrogens with two attached hydrogens (primary N) is 1. The number of aromatic nitrogens is 2. The topological polar surface area (TPSA) is 147 Å². The smallest absolute Gasteiger partial charge is 0.218 e. The van der Waals surface area contributed by atoms with Gasteiger partial charge in [0.2, 0.25) is 5.88 Å². The molecule has 4 radical (unpaired) electrons. The van der Waals surface area contributed by atoms with Crippen molar-refractivity contribution < 1.29 is 19.3 Å². The van der Waals surface area contributed by atoms with Crippen LogP contribution in [0, 0.1) is 28.6 Å². The van der Waals surface area contributed by atoms with E-state index in [1.54, 1.807) is 6.07 Å². The number of aliphatic hydroxyl groups is 1. The van der Waals surface area contributed by atoms with Crippen LogP contribution in [0.1, 0.15) is 18.1 Å². The second-order valence-corrected chi connectivity index (χ2v) is 7.96. The zero-order chi connectivity index (χ0) is 23.3. The number of anilines is 1. The molecule has 2 aromatic heterocycles. The van der Waals surface area contributed by atoms with E-state index < -0.39 is 5.59 Å². The van der Waals surface area contributed by atoms with E-state index in [2.05, 4.69) is 16.0 Å². The van der Waals surface area contributed by atoms with E-state index in [-0.39, 0.29) is 28.6 Å². The first-order valence-corrected chi connectivity index (χ1v) is 10.3. The second-order valence-electron chi connectivity index (χ2n) is 6.95. The Bertz CT molecular complexity index is 1100. The lowest BCUT2D eigenvalue weighted by molar-refractivity contribution is -0.0395. The highest BCUT2D eigenvalue weighted by molar-refractivity contribution is 7.99. The summed E-state index contributed by atoms with van der Waals surface area (Å²) in [4.78, 5) is 8.45. The van der Waals surface area contributed by atoms with Crippen molar-refractivity contribution in [3.8, 4) is 29.1 Å². The first-order valence-electron chi connectivity index (χ1n) is 9.35. The minimum absolute atomic E-state index is 0.0425. The lowest BCUT2D eigenvalue weighted by atomic mass is 9.76. The van der Waals surface area contributed by atoms with Gasteiger partial charge in [0.05, 0.1) is 18.8 Å². The molecular weight excluding hydrogens is 428 g/mol. The summed E-state index contributed by atoms with van der Waals surface area (Å²) < 4.78 is 15.3. The number of thioether (sulfide) groups is 1. The number of pyridine rings is 2. The van der Waals surface area contributed by atoms with Gasteiger partial charge >= 0.3 is 0 Å². The number of ether oxygens (including phenoxy) is 3. The quantitative estimate of drug-likeness (QED) is 0.265. The molecule has 0 spiro atoms. The monoisotopic (exact) mass is 445 g/mol. The number of nitriles is 2. The normalized spacial score (nSPS) is 14.2. The molecule has 3 heterocycles. The summed E-state index contributed by atoms with van der Waals surface area (Å²) in [6.07, 6.45) is 2.61. The average molecular weight is 445 g/mol. The van der Waals surface area contributed by atoms with Crippen molar-refractivity contribution in [1.29, 1.82) is 10.5 Å². The highest BCUT2D eigenvalue weighted by Crippen LogP contribution is 2.36. The van der Waals surface area contributed by atoms with Gasteiger partial charge in [-0.05, 0) is 13.0 Å². The molecule has 1 aliphatic rings. The third-order valence-corrected chi connectivity index (χ3v) is 5.48. The van der Waals surface area contributed by atoms with E-state index >= 15 is 0 Å². The van der Waals surface area contributed by atoms with Crippen LogP contribution in [0.15, 0.2) is 35.4 Å². The number of allylic oxidation sites excluding steroid dienone is 1. The molecule has 0 atom stereocenters. The van der Waals surface area contributed by atoms with Crippen molar-refractivity contribution in [3.63, 3.8) is 0 Å². The number of rotatable bonds is 8. The Morgan fingerprint density at radius 1 is 1.38 bits per heavy atom. The van der Waals surface area contributed by atoms with Crippen LogP contribution < -0.4 is 10.5 Å². The van der Waals surface area contributed by atoms with Crippen molar-refractivity contribution in [2.45, 2.75) is 17.5 Å². The summed E-state index contributed by atoms with van der Waals surface area (Å²) in [7, 11) is 10.3. The summed E-state index contributed by atoms with van der Waals surface area (Å²) >= 11 is 1.41. The molecule has 0 aliphatic carbocycles. The lowest BCUT2D eigenvalue weighted by Crippen LogP contribution is -2.32. The Morgan fingerprint density at radius 3 is 2.62 bits per heavy atom. The van der Waals surface area contributed by atoms with Crippen LogP contribution in [0.2, 0.25) is 0 Å². The SMILES string of the molecule is [B]C([B])(O)O/C(C)=C/Oc1ccc(-c2c(C#N)c(N)nc(SCC3COC3)c2C#N)cn1. The molecule has 32 heavy (non-hydrogen) atoms. The Balaban J connectivity index is 1.89. The number of hydrogen-bond acceptors (Lipinski definition) is 10. The minimum Gasteiger partial charge on any atom is -0.483 e. The molecule has 0 amide bonds. The van der Waals surface area contributed by atoms with Gasteiger partial charge in [0, 0.05) is 35.1 Å². The number of hydrogen-bond donors (Lipinski definition) is 2. The van der Waals surface area contributed by atoms with E-state index in [1.165, 1.54) is 30.9 Å². The van der Waals surface area contributed by atoms with Crippen LogP contribution in [0.3, 0.4) is 0 Å². The zero-order valence-corrected chi connectivity index (χ0v) is 17.9. The van der Waals surface area contributed by atoms with Crippen LogP contribution in [0.5, 0.6) is 5.88 Å². The molecule has 2 aromatic rings. The second kappa shape index (κ2) is 9.96. The average Bonchev–Trinajstić information content (AvgIpc) is 2.70. The van der Waals surface area contributed by atoms with Gasteiger partial charge in [0.25, 0.3) is 0 Å². The van der Waals surface area contributed by atoms with Gasteiger partial charge in [-0.2, -0.15) is 10.5 Å². The van der Waals surface area contributed by atoms with Crippen molar-refractivity contribution in [2.24, 2.45) is 5.92 Å². The van der Waals surface area contributed by atoms with Crippen LogP contribution in [0.4, 0.5) is 5.82 Å². The van der Waals surface area contributed by atoms with Crippen LogP contribution in [-0.4, -0.2) is 55.3 Å². The van der Waals surface area contributed by atoms with Crippen LogP contribution in [0.25, 0.3) is 11.1 Å². The summed E-state index contributed by atoms with van der Waals surface area (Å²) in [5.41, 5.74) is 4.91. The molecular formula is C20H17B2N5O4S. The largest absolute Gasteiger partial charge is 0.483 e. The van der Waals surface area contributed by atoms with Crippen molar-refractivity contribution in [1.82, 2.24) is 9.97 Å². The third-order valence-electron chi connectivity index (χ3n) is 4.27. The van der Waals surface area contributed by atoms with Crippen LogP contribution >= 0.6 is 11.8 Å². The molecule has 0 bridgehead atoms. The third kappa shape index (κ3) is 5.74. The minimum atomic E-state index is -2.33. The molecule has 12 heteroatoms. The predicted molar refractivity (Wildman–Crippen MR) is 118 cm³/mol. The van der Waals surface area contributed by atoms with Gasteiger partial charge < -0.3 is 25.1 Å². The molecule has 1 fully saturated rings. The van der Waals surface area contributed by atoms with Gasteiger partial charge in [0.1, 0.15) is 46.2 Å². The first kappa shape index (κ1) is 23.5. The zero-order valence-electron chi connectivity index (χ0n) is 17.1. The number of nitrogen functional groups attached to an aromatic ring is 1. The molecule has 0 aromatic carbocycles. The maximum Gasteiger partial charge on any atom is 0.218 e. The van der Waals surface area contributed by atoms with E-state index in [9.17, 15) is 15.6 Å². The highest BCUT2D eigenvalue weighted by atomic mass is 32.2. The lowest BCUT2D eigenvalue weighted by Gasteiger charge is -2.25. The summed E-state index contributed by atoms with van der Waals surface area (Å²) in [5, 5.41) is 29.1. The maximum atomic E-state index is 9.81. The fourth-order valence-corrected chi connectivity index (χ4v) is 3.83. The van der Waals surface area contributed by atoms with E-state index in [0.29, 0.717) is 35.3 Å². The van der Waals surface area contributed by atoms with E-state index in [4.69, 9.17) is 35.6 Å². The Kier molecular flexibility index (Phi) is 7.31. The van der Waals surface area contributed by atoms with Gasteiger partial charge in [-0.1, -0.05) is 0 Å². The van der Waals surface area contributed by atoms with Crippen molar-refractivity contribution in [3.05, 3.63) is 41.5 Å². The fourth-order valence-electron chi connectivity index (χ4n) is 2.79. The summed E-state index contributed by atoms with van der Waals surface area (Å²) in [6.45, 7) is 2.83. The molecule has 158 valence electrons. The van der Waals surface area contributed by atoms with Gasteiger partial charge in [-0.25, -0.2) is 9.97 Å². The summed E-state index contributed by atoms with van der Waals surface area (Å²) in [5.74, 6) is 1.46. The standard InChI is InChI=1S/C20H17B2N5O4S/c1-11(31-20(21,22)28)7-30-16-3-2-13(6-26-16)17-14(4-23)18(25)27-19(15(17)5-24)32-10-12-8-29-9-12/h2-3,6-7,12,28H,8-10H2,1H3,(H2,25,27)/b11-7+. The summed E-state index contributed by atoms with van der Waals surface area (Å²) in [6, 6.07) is 7.35. The van der Waals surface area contributed by atoms with E-state index in [1.807, 2.05) is 6.07 Å². The molecule has 9 nitrogen and oxygen atoms in total. The fraction of sp³-hybridized carbons (Fsp3) is 0.300.